The standard InChI is InChI=1S/C23H24N8O2/c1-12(2)19(22-26-7-4-8-27-22)31-20-17(23(33)30-16(10-25-3)18(20)24)21-28-14-6-5-13(11-32)9-15(14)29-21/h4-12,19,24-25,31H,1-3H3,(H,28,29)(H,30,33)/b16-10+,24-18?. The minimum absolute atomic E-state index is 0.0569. The maximum absolute atomic E-state index is 13.2. The molecule has 0 saturated heterocycles. The van der Waals surface area contributed by atoms with Crippen molar-refractivity contribution in [2.24, 2.45) is 5.92 Å². The van der Waals surface area contributed by atoms with Crippen molar-refractivity contribution in [1.82, 2.24) is 35.9 Å². The number of hydrogen-bond acceptors (Lipinski definition) is 8. The zero-order chi connectivity index (χ0) is 23.5. The molecule has 1 aliphatic heterocycles. The molecule has 1 aliphatic rings. The van der Waals surface area contributed by atoms with Gasteiger partial charge in [0.15, 0.2) is 5.82 Å². The van der Waals surface area contributed by atoms with Crippen molar-refractivity contribution in [1.29, 1.82) is 5.41 Å². The molecule has 3 aromatic rings. The number of aldehydes is 1. The van der Waals surface area contributed by atoms with E-state index in [4.69, 9.17) is 5.41 Å². The highest BCUT2D eigenvalue weighted by molar-refractivity contribution is 6.33. The van der Waals surface area contributed by atoms with Crippen LogP contribution in [0.4, 0.5) is 0 Å². The first kappa shape index (κ1) is 21.9. The van der Waals surface area contributed by atoms with Crippen molar-refractivity contribution in [3.8, 4) is 0 Å². The van der Waals surface area contributed by atoms with Crippen LogP contribution in [0.2, 0.25) is 0 Å². The second-order valence-electron chi connectivity index (χ2n) is 7.88. The number of H-pyrrole nitrogens is 1. The Labute approximate surface area is 190 Å². The number of hydrogen-bond donors (Lipinski definition) is 5. The number of aromatic nitrogens is 4. The molecule has 4 rings (SSSR count). The SMILES string of the molecule is CN/C=C1/NC(=O)C(c2nc3ccc(C=O)cc3[nH]2)=C(NC(c2ncccn2)C(C)C)C1=N. The van der Waals surface area contributed by atoms with Crippen molar-refractivity contribution < 1.29 is 9.59 Å². The van der Waals surface area contributed by atoms with Crippen LogP contribution in [0.25, 0.3) is 16.6 Å². The third kappa shape index (κ3) is 4.22. The first-order valence-corrected chi connectivity index (χ1v) is 10.4. The Morgan fingerprint density at radius 1 is 1.18 bits per heavy atom. The Kier molecular flexibility index (Phi) is 5.99. The fourth-order valence-corrected chi connectivity index (χ4v) is 3.62. The summed E-state index contributed by atoms with van der Waals surface area (Å²) >= 11 is 0. The molecule has 0 spiro atoms. The zero-order valence-electron chi connectivity index (χ0n) is 18.4. The third-order valence-corrected chi connectivity index (χ3v) is 5.24. The smallest absolute Gasteiger partial charge is 0.261 e. The topological polar surface area (TPSA) is 149 Å². The van der Waals surface area contributed by atoms with Crippen molar-refractivity contribution in [3.63, 3.8) is 0 Å². The summed E-state index contributed by atoms with van der Waals surface area (Å²) in [6, 6.07) is 6.41. The summed E-state index contributed by atoms with van der Waals surface area (Å²) < 4.78 is 0. The highest BCUT2D eigenvalue weighted by Gasteiger charge is 2.33. The summed E-state index contributed by atoms with van der Waals surface area (Å²) in [5, 5.41) is 17.7. The van der Waals surface area contributed by atoms with Gasteiger partial charge in [0.25, 0.3) is 5.91 Å². The van der Waals surface area contributed by atoms with E-state index in [2.05, 4.69) is 35.9 Å². The van der Waals surface area contributed by atoms with Crippen molar-refractivity contribution in [2.75, 3.05) is 7.05 Å². The zero-order valence-corrected chi connectivity index (χ0v) is 18.4. The molecular formula is C23H24N8O2. The third-order valence-electron chi connectivity index (χ3n) is 5.24. The number of carbonyl (C=O) groups is 2. The van der Waals surface area contributed by atoms with Crippen molar-refractivity contribution in [2.45, 2.75) is 19.9 Å². The molecule has 1 amide bonds. The van der Waals surface area contributed by atoms with Crippen LogP contribution in [-0.4, -0.2) is 44.9 Å². The molecule has 1 atom stereocenters. The Morgan fingerprint density at radius 3 is 2.61 bits per heavy atom. The minimum Gasteiger partial charge on any atom is -0.392 e. The van der Waals surface area contributed by atoms with Crippen molar-refractivity contribution in [3.05, 3.63) is 71.5 Å². The normalized spacial score (nSPS) is 16.3. The summed E-state index contributed by atoms with van der Waals surface area (Å²) in [6.07, 6.45) is 5.61. The second-order valence-corrected chi connectivity index (χ2v) is 7.88. The van der Waals surface area contributed by atoms with Gasteiger partial charge in [-0.25, -0.2) is 15.0 Å². The fraction of sp³-hybridized carbons (Fsp3) is 0.217. The molecule has 0 bridgehead atoms. The van der Waals surface area contributed by atoms with E-state index in [0.29, 0.717) is 33.8 Å². The average molecular weight is 444 g/mol. The highest BCUT2D eigenvalue weighted by Crippen LogP contribution is 2.28. The number of aromatic amines is 1. The molecule has 10 nitrogen and oxygen atoms in total. The Bertz CT molecular complexity index is 1290. The monoisotopic (exact) mass is 444 g/mol. The number of rotatable bonds is 7. The van der Waals surface area contributed by atoms with E-state index in [1.807, 2.05) is 13.8 Å². The van der Waals surface area contributed by atoms with Gasteiger partial charge in [-0.15, -0.1) is 0 Å². The maximum Gasteiger partial charge on any atom is 0.261 e. The van der Waals surface area contributed by atoms with Gasteiger partial charge in [0, 0.05) is 31.2 Å². The van der Waals surface area contributed by atoms with Crippen molar-refractivity contribution >= 4 is 34.5 Å². The number of carbonyl (C=O) groups excluding carboxylic acids is 2. The van der Waals surface area contributed by atoms with Crippen LogP contribution < -0.4 is 16.0 Å². The highest BCUT2D eigenvalue weighted by atomic mass is 16.2. The molecule has 1 aromatic carbocycles. The summed E-state index contributed by atoms with van der Waals surface area (Å²) in [5.41, 5.74) is 2.62. The van der Waals surface area contributed by atoms with E-state index < -0.39 is 5.91 Å². The van der Waals surface area contributed by atoms with Gasteiger partial charge >= 0.3 is 0 Å². The maximum atomic E-state index is 13.2. The number of nitrogens with zero attached hydrogens (tertiary/aromatic N) is 3. The predicted molar refractivity (Wildman–Crippen MR) is 124 cm³/mol. The summed E-state index contributed by atoms with van der Waals surface area (Å²) in [4.78, 5) is 40.8. The van der Waals surface area contributed by atoms with Gasteiger partial charge in [-0.1, -0.05) is 13.8 Å². The van der Waals surface area contributed by atoms with E-state index in [-0.39, 0.29) is 29.1 Å². The van der Waals surface area contributed by atoms with Gasteiger partial charge in [0.05, 0.1) is 28.5 Å². The lowest BCUT2D eigenvalue weighted by Crippen LogP contribution is -2.42. The number of nitrogens with one attached hydrogen (secondary N) is 5. The molecule has 168 valence electrons. The van der Waals surface area contributed by atoms with Gasteiger partial charge < -0.3 is 20.9 Å². The Morgan fingerprint density at radius 2 is 1.94 bits per heavy atom. The summed E-state index contributed by atoms with van der Waals surface area (Å²) in [5.74, 6) is 0.484. The second kappa shape index (κ2) is 9.03. The van der Waals surface area contributed by atoms with Gasteiger partial charge in [0.2, 0.25) is 0 Å². The number of amides is 1. The molecule has 33 heavy (non-hydrogen) atoms. The first-order chi connectivity index (χ1) is 15.9. The number of fused-ring (bicyclic) bond motifs is 1. The fourth-order valence-electron chi connectivity index (χ4n) is 3.62. The van der Waals surface area contributed by atoms with Gasteiger partial charge in [0.1, 0.15) is 23.4 Å². The lowest BCUT2D eigenvalue weighted by atomic mass is 9.97. The Hall–Kier alpha value is -4.34. The van der Waals surface area contributed by atoms with Crippen LogP contribution in [0.3, 0.4) is 0 Å². The molecule has 0 fully saturated rings. The molecule has 2 aromatic heterocycles. The molecule has 0 aliphatic carbocycles. The van der Waals surface area contributed by atoms with E-state index in [9.17, 15) is 9.59 Å². The lowest BCUT2D eigenvalue weighted by molar-refractivity contribution is -0.115. The summed E-state index contributed by atoms with van der Waals surface area (Å²) in [6.45, 7) is 4.01. The first-order valence-electron chi connectivity index (χ1n) is 10.4. The van der Waals surface area contributed by atoms with Crippen LogP contribution in [-0.2, 0) is 4.79 Å². The van der Waals surface area contributed by atoms with Gasteiger partial charge in [-0.3, -0.25) is 15.0 Å². The molecule has 0 radical (unpaired) electrons. The molecule has 1 unspecified atom stereocenters. The van der Waals surface area contributed by atoms with Gasteiger partial charge in [-0.2, -0.15) is 0 Å². The van der Waals surface area contributed by atoms with Crippen LogP contribution >= 0.6 is 0 Å². The molecular weight excluding hydrogens is 420 g/mol. The summed E-state index contributed by atoms with van der Waals surface area (Å²) in [7, 11) is 1.69. The van der Waals surface area contributed by atoms with E-state index in [0.717, 1.165) is 6.29 Å². The van der Waals surface area contributed by atoms with Crippen LogP contribution in [0.1, 0.15) is 41.9 Å². The quantitative estimate of drug-likeness (QED) is 0.350. The predicted octanol–water partition coefficient (Wildman–Crippen LogP) is 2.07. The van der Waals surface area contributed by atoms with E-state index in [1.165, 1.54) is 0 Å². The number of imidazole rings is 1. The number of benzene rings is 1. The molecule has 3 heterocycles. The largest absolute Gasteiger partial charge is 0.392 e. The molecule has 0 saturated carbocycles. The molecule has 10 heteroatoms. The van der Waals surface area contributed by atoms with Crippen LogP contribution in [0.5, 0.6) is 0 Å². The molecule has 5 N–H and O–H groups in total. The Balaban J connectivity index is 1.88. The van der Waals surface area contributed by atoms with E-state index in [1.54, 1.807) is 49.9 Å². The van der Waals surface area contributed by atoms with Crippen LogP contribution in [0, 0.1) is 11.3 Å². The lowest BCUT2D eigenvalue weighted by Gasteiger charge is -2.29. The van der Waals surface area contributed by atoms with Crippen LogP contribution in [0.15, 0.2) is 54.3 Å². The van der Waals surface area contributed by atoms with E-state index >= 15 is 0 Å². The average Bonchev–Trinajstić information content (AvgIpc) is 3.23. The minimum atomic E-state index is -0.416. The van der Waals surface area contributed by atoms with Gasteiger partial charge in [-0.05, 0) is 30.2 Å².